The first-order valence-corrected chi connectivity index (χ1v) is 9.32. The average Bonchev–Trinajstić information content (AvgIpc) is 2.69. The molecule has 0 unspecified atom stereocenters. The number of para-hydroxylation sites is 1. The third kappa shape index (κ3) is 7.71. The van der Waals surface area contributed by atoms with Crippen molar-refractivity contribution in [1.82, 2.24) is 21.5 Å². The number of hydrogen-bond acceptors (Lipinski definition) is 4. The molecule has 0 heterocycles. The Morgan fingerprint density at radius 3 is 2.34 bits per heavy atom. The Labute approximate surface area is 173 Å². The van der Waals surface area contributed by atoms with E-state index in [2.05, 4.69) is 21.5 Å². The molecule has 2 rings (SSSR count). The van der Waals surface area contributed by atoms with E-state index in [9.17, 15) is 14.4 Å². The fourth-order valence-electron chi connectivity index (χ4n) is 2.21. The third-order valence-corrected chi connectivity index (χ3v) is 3.91. The van der Waals surface area contributed by atoms with Gasteiger partial charge in [-0.05, 0) is 43.7 Å². The molecule has 0 aliphatic carbocycles. The second-order valence-electron chi connectivity index (χ2n) is 6.40. The molecule has 0 saturated carbocycles. The molecule has 4 N–H and O–H groups in total. The predicted octanol–water partition coefficient (Wildman–Crippen LogP) is 2.39. The molecule has 0 spiro atoms. The Morgan fingerprint density at radius 1 is 1.00 bits per heavy atom. The van der Waals surface area contributed by atoms with Crippen LogP contribution in [0.15, 0.2) is 48.5 Å². The van der Waals surface area contributed by atoms with Crippen LogP contribution in [0.2, 0.25) is 5.02 Å². The lowest BCUT2D eigenvalue weighted by Gasteiger charge is -2.11. The molecular weight excluding hydrogens is 396 g/mol. The quantitative estimate of drug-likeness (QED) is 0.517. The number of hydrazine groups is 1. The Bertz CT molecular complexity index is 856. The highest BCUT2D eigenvalue weighted by molar-refractivity contribution is 6.32. The highest BCUT2D eigenvalue weighted by Crippen LogP contribution is 2.22. The first-order valence-electron chi connectivity index (χ1n) is 8.95. The van der Waals surface area contributed by atoms with Gasteiger partial charge in [0.2, 0.25) is 0 Å². The number of carbonyl (C=O) groups is 3. The van der Waals surface area contributed by atoms with Crippen molar-refractivity contribution in [2.75, 3.05) is 6.61 Å². The lowest BCUT2D eigenvalue weighted by molar-refractivity contribution is -0.123. The van der Waals surface area contributed by atoms with E-state index in [0.29, 0.717) is 22.9 Å². The summed E-state index contributed by atoms with van der Waals surface area (Å²) in [4.78, 5) is 35.5. The topological polar surface area (TPSA) is 109 Å². The summed E-state index contributed by atoms with van der Waals surface area (Å²) in [7, 11) is 0. The molecular formula is C20H23ClN4O4. The molecule has 2 aromatic rings. The minimum absolute atomic E-state index is 0.0476. The van der Waals surface area contributed by atoms with Crippen molar-refractivity contribution in [2.45, 2.75) is 26.4 Å². The molecule has 2 aromatic carbocycles. The molecule has 4 amide bonds. The van der Waals surface area contributed by atoms with E-state index in [-0.39, 0.29) is 18.7 Å². The van der Waals surface area contributed by atoms with Crippen LogP contribution >= 0.6 is 11.6 Å². The largest absolute Gasteiger partial charge is 0.482 e. The summed E-state index contributed by atoms with van der Waals surface area (Å²) < 4.78 is 5.29. The van der Waals surface area contributed by atoms with Gasteiger partial charge in [0.15, 0.2) is 6.61 Å². The van der Waals surface area contributed by atoms with Crippen LogP contribution in [0.5, 0.6) is 5.75 Å². The van der Waals surface area contributed by atoms with Crippen molar-refractivity contribution in [3.63, 3.8) is 0 Å². The summed E-state index contributed by atoms with van der Waals surface area (Å²) in [6.45, 7) is 3.77. The van der Waals surface area contributed by atoms with E-state index in [1.54, 1.807) is 48.5 Å². The van der Waals surface area contributed by atoms with Crippen LogP contribution in [0, 0.1) is 0 Å². The minimum atomic E-state index is -0.532. The van der Waals surface area contributed by atoms with E-state index < -0.39 is 11.8 Å². The van der Waals surface area contributed by atoms with E-state index in [0.717, 1.165) is 5.56 Å². The van der Waals surface area contributed by atoms with Crippen molar-refractivity contribution in [1.29, 1.82) is 0 Å². The average molecular weight is 419 g/mol. The molecule has 9 heteroatoms. The molecule has 0 aromatic heterocycles. The summed E-state index contributed by atoms with van der Waals surface area (Å²) in [5.74, 6) is -0.634. The third-order valence-electron chi connectivity index (χ3n) is 3.60. The highest BCUT2D eigenvalue weighted by atomic mass is 35.5. The number of carbonyl (C=O) groups excluding carboxylic acids is 3. The van der Waals surface area contributed by atoms with E-state index in [4.69, 9.17) is 16.3 Å². The van der Waals surface area contributed by atoms with Crippen LogP contribution < -0.4 is 26.2 Å². The number of hydrogen-bond donors (Lipinski definition) is 4. The van der Waals surface area contributed by atoms with Gasteiger partial charge in [-0.25, -0.2) is 4.79 Å². The summed E-state index contributed by atoms with van der Waals surface area (Å²) in [5.41, 5.74) is 5.77. The molecule has 0 fully saturated rings. The van der Waals surface area contributed by atoms with Gasteiger partial charge in [-0.15, -0.1) is 0 Å². The minimum Gasteiger partial charge on any atom is -0.482 e. The first-order chi connectivity index (χ1) is 13.8. The lowest BCUT2D eigenvalue weighted by atomic mass is 10.1. The number of urea groups is 1. The zero-order valence-electron chi connectivity index (χ0n) is 16.1. The summed E-state index contributed by atoms with van der Waals surface area (Å²) >= 11 is 5.94. The van der Waals surface area contributed by atoms with Gasteiger partial charge >= 0.3 is 6.03 Å². The predicted molar refractivity (Wildman–Crippen MR) is 110 cm³/mol. The van der Waals surface area contributed by atoms with Gasteiger partial charge in [0, 0.05) is 18.2 Å². The van der Waals surface area contributed by atoms with Crippen molar-refractivity contribution < 1.29 is 19.1 Å². The Hall–Kier alpha value is -3.26. The summed E-state index contributed by atoms with van der Waals surface area (Å²) in [5, 5.41) is 5.83. The Balaban J connectivity index is 1.75. The molecule has 0 saturated heterocycles. The second kappa shape index (κ2) is 10.9. The Kier molecular flexibility index (Phi) is 8.29. The number of amides is 4. The standard InChI is InChI=1S/C20H23ClN4O4/c1-13(2)23-20(28)22-11-14-7-9-15(10-8-14)19(27)25-24-18(26)12-29-17-6-4-3-5-16(17)21/h3-10,13H,11-12H2,1-2H3,(H,24,26)(H,25,27)(H2,22,23,28). The van der Waals surface area contributed by atoms with Crippen molar-refractivity contribution in [2.24, 2.45) is 0 Å². The molecule has 0 radical (unpaired) electrons. The zero-order chi connectivity index (χ0) is 21.2. The molecule has 0 aliphatic rings. The van der Waals surface area contributed by atoms with Crippen LogP contribution in [-0.2, 0) is 11.3 Å². The highest BCUT2D eigenvalue weighted by Gasteiger charge is 2.09. The normalized spacial score (nSPS) is 10.2. The molecule has 0 atom stereocenters. The number of ether oxygens (including phenoxy) is 1. The zero-order valence-corrected chi connectivity index (χ0v) is 16.9. The van der Waals surface area contributed by atoms with Crippen molar-refractivity contribution >= 4 is 29.4 Å². The van der Waals surface area contributed by atoms with Gasteiger partial charge in [-0.2, -0.15) is 0 Å². The monoisotopic (exact) mass is 418 g/mol. The Morgan fingerprint density at radius 2 is 1.69 bits per heavy atom. The van der Waals surface area contributed by atoms with Crippen LogP contribution in [-0.4, -0.2) is 30.5 Å². The smallest absolute Gasteiger partial charge is 0.315 e. The van der Waals surface area contributed by atoms with E-state index >= 15 is 0 Å². The van der Waals surface area contributed by atoms with Gasteiger partial charge < -0.3 is 15.4 Å². The van der Waals surface area contributed by atoms with Gasteiger partial charge in [-0.3, -0.25) is 20.4 Å². The maximum Gasteiger partial charge on any atom is 0.315 e. The maximum absolute atomic E-state index is 12.1. The van der Waals surface area contributed by atoms with Gasteiger partial charge in [0.1, 0.15) is 5.75 Å². The molecule has 29 heavy (non-hydrogen) atoms. The van der Waals surface area contributed by atoms with Crippen LogP contribution in [0.25, 0.3) is 0 Å². The molecule has 8 nitrogen and oxygen atoms in total. The van der Waals surface area contributed by atoms with E-state index in [1.807, 2.05) is 13.8 Å². The van der Waals surface area contributed by atoms with Crippen LogP contribution in [0.4, 0.5) is 4.79 Å². The fourth-order valence-corrected chi connectivity index (χ4v) is 2.40. The first kappa shape index (κ1) is 22.0. The molecule has 0 bridgehead atoms. The van der Waals surface area contributed by atoms with Crippen molar-refractivity contribution in [3.05, 3.63) is 64.7 Å². The second-order valence-corrected chi connectivity index (χ2v) is 6.81. The number of nitrogens with one attached hydrogen (secondary N) is 4. The fraction of sp³-hybridized carbons (Fsp3) is 0.250. The van der Waals surface area contributed by atoms with Crippen LogP contribution in [0.1, 0.15) is 29.8 Å². The number of rotatable bonds is 7. The van der Waals surface area contributed by atoms with Gasteiger partial charge in [-0.1, -0.05) is 35.9 Å². The lowest BCUT2D eigenvalue weighted by Crippen LogP contribution is -2.43. The van der Waals surface area contributed by atoms with E-state index in [1.165, 1.54) is 0 Å². The number of benzene rings is 2. The summed E-state index contributed by atoms with van der Waals surface area (Å²) in [6, 6.07) is 13.2. The number of halogens is 1. The van der Waals surface area contributed by atoms with Gasteiger partial charge in [0.05, 0.1) is 5.02 Å². The SMILES string of the molecule is CC(C)NC(=O)NCc1ccc(C(=O)NNC(=O)COc2ccccc2Cl)cc1. The van der Waals surface area contributed by atoms with Crippen LogP contribution in [0.3, 0.4) is 0 Å². The van der Waals surface area contributed by atoms with Crippen molar-refractivity contribution in [3.8, 4) is 5.75 Å². The molecule has 0 aliphatic heterocycles. The maximum atomic E-state index is 12.1. The summed E-state index contributed by atoms with van der Waals surface area (Å²) in [6.07, 6.45) is 0. The molecule has 154 valence electrons. The van der Waals surface area contributed by atoms with Gasteiger partial charge in [0.25, 0.3) is 11.8 Å².